The smallest absolute Gasteiger partial charge is 0.300 e. The number of carbonyl (C=O) groups excluding carboxylic acids is 1. The number of ketones is 1. The number of anilines is 1. The van der Waals surface area contributed by atoms with Crippen molar-refractivity contribution in [2.75, 3.05) is 5.32 Å². The van der Waals surface area contributed by atoms with Gasteiger partial charge in [-0.1, -0.05) is 41.9 Å². The third kappa shape index (κ3) is 7.91. The summed E-state index contributed by atoms with van der Waals surface area (Å²) in [6, 6.07) is 22.3. The van der Waals surface area contributed by atoms with Crippen LogP contribution in [0.15, 0.2) is 78.9 Å². The largest absolute Gasteiger partial charge is 0.481 e. The van der Waals surface area contributed by atoms with Crippen molar-refractivity contribution in [2.24, 2.45) is 0 Å². The average molecular weight is 441 g/mol. The molecule has 0 spiro atoms. The highest BCUT2D eigenvalue weighted by Gasteiger charge is 2.18. The molecule has 0 heterocycles. The molecule has 0 aliphatic carbocycles. The molecule has 0 saturated carbocycles. The second-order valence-electron chi connectivity index (χ2n) is 6.56. The van der Waals surface area contributed by atoms with E-state index in [-0.39, 0.29) is 23.9 Å². The van der Waals surface area contributed by atoms with E-state index in [2.05, 4.69) is 5.32 Å². The zero-order valence-electron chi connectivity index (χ0n) is 16.7. The van der Waals surface area contributed by atoms with E-state index < -0.39 is 10.9 Å². The summed E-state index contributed by atoms with van der Waals surface area (Å²) in [5.74, 6) is -0.852. The van der Waals surface area contributed by atoms with Crippen LogP contribution in [0.25, 0.3) is 0 Å². The van der Waals surface area contributed by atoms with Gasteiger partial charge in [0.25, 0.3) is 11.7 Å². The van der Waals surface area contributed by atoms with Crippen molar-refractivity contribution in [3.63, 3.8) is 0 Å². The van der Waals surface area contributed by atoms with Crippen LogP contribution in [-0.4, -0.2) is 21.8 Å². The first kappa shape index (κ1) is 23.6. The molecule has 2 N–H and O–H groups in total. The van der Waals surface area contributed by atoms with Crippen LogP contribution in [0.3, 0.4) is 0 Å². The molecule has 0 aromatic heterocycles. The van der Waals surface area contributed by atoms with Gasteiger partial charge in [0, 0.05) is 41.8 Å². The Balaban J connectivity index is 0.000000785. The van der Waals surface area contributed by atoms with Gasteiger partial charge in [-0.3, -0.25) is 19.7 Å². The average Bonchev–Trinajstić information content (AvgIpc) is 2.74. The summed E-state index contributed by atoms with van der Waals surface area (Å²) < 4.78 is 0. The molecular weight excluding hydrogens is 420 g/mol. The van der Waals surface area contributed by atoms with Crippen LogP contribution >= 0.6 is 11.6 Å². The summed E-state index contributed by atoms with van der Waals surface area (Å²) >= 11 is 5.89. The van der Waals surface area contributed by atoms with Crippen LogP contribution in [-0.2, 0) is 4.79 Å². The van der Waals surface area contributed by atoms with Crippen LogP contribution in [0.1, 0.15) is 35.3 Å². The summed E-state index contributed by atoms with van der Waals surface area (Å²) in [4.78, 5) is 32.1. The molecule has 1 unspecified atom stereocenters. The van der Waals surface area contributed by atoms with Gasteiger partial charge in [0.1, 0.15) is 0 Å². The number of nitrogens with one attached hydrogen (secondary N) is 1. The highest BCUT2D eigenvalue weighted by molar-refractivity contribution is 6.30. The van der Waals surface area contributed by atoms with Crippen molar-refractivity contribution in [2.45, 2.75) is 19.4 Å². The van der Waals surface area contributed by atoms with E-state index in [0.29, 0.717) is 16.3 Å². The Hall–Kier alpha value is -3.71. The Morgan fingerprint density at radius 1 is 1.00 bits per heavy atom. The van der Waals surface area contributed by atoms with Crippen molar-refractivity contribution in [3.8, 4) is 0 Å². The number of nitrogens with zero attached hydrogens (tertiary/aromatic N) is 1. The second-order valence-corrected chi connectivity index (χ2v) is 7.00. The van der Waals surface area contributed by atoms with Gasteiger partial charge in [-0.15, -0.1) is 0 Å². The summed E-state index contributed by atoms with van der Waals surface area (Å²) in [6.07, 6.45) is 0.239. The Bertz CT molecular complexity index is 1020. The van der Waals surface area contributed by atoms with Gasteiger partial charge in [0.2, 0.25) is 0 Å². The second kappa shape index (κ2) is 11.5. The predicted molar refractivity (Wildman–Crippen MR) is 120 cm³/mol. The highest BCUT2D eigenvalue weighted by atomic mass is 35.5. The van der Waals surface area contributed by atoms with E-state index in [1.54, 1.807) is 36.4 Å². The maximum Gasteiger partial charge on any atom is 0.300 e. The minimum atomic E-state index is -0.833. The molecular formula is C23H21ClN2O5. The molecule has 0 amide bonds. The van der Waals surface area contributed by atoms with E-state index in [1.165, 1.54) is 12.1 Å². The molecule has 7 nitrogen and oxygen atoms in total. The number of carbonyl (C=O) groups is 2. The van der Waals surface area contributed by atoms with Crippen molar-refractivity contribution >= 4 is 34.7 Å². The van der Waals surface area contributed by atoms with Crippen LogP contribution < -0.4 is 5.32 Å². The summed E-state index contributed by atoms with van der Waals surface area (Å²) in [5.41, 5.74) is 2.27. The molecule has 160 valence electrons. The van der Waals surface area contributed by atoms with Crippen molar-refractivity contribution < 1.29 is 19.6 Å². The first-order valence-electron chi connectivity index (χ1n) is 9.30. The molecule has 3 aromatic carbocycles. The fourth-order valence-corrected chi connectivity index (χ4v) is 2.88. The minimum absolute atomic E-state index is 0.0186. The molecule has 0 fully saturated rings. The van der Waals surface area contributed by atoms with Crippen molar-refractivity contribution in [1.29, 1.82) is 0 Å². The number of hydrogen-bond donors (Lipinski definition) is 2. The number of carboxylic acid groups (broad SMARTS) is 1. The lowest BCUT2D eigenvalue weighted by atomic mass is 9.97. The number of hydrogen-bond acceptors (Lipinski definition) is 5. The van der Waals surface area contributed by atoms with Gasteiger partial charge in [-0.05, 0) is 42.0 Å². The number of Topliss-reactive ketones (excluding diaryl/α,β-unsaturated/α-hetero) is 1. The lowest BCUT2D eigenvalue weighted by Gasteiger charge is -2.20. The molecule has 3 rings (SSSR count). The normalized spacial score (nSPS) is 10.9. The maximum atomic E-state index is 12.7. The SMILES string of the molecule is CC(=O)O.O=C(CC(Nc1ccc([N+](=O)[O-])cc1)c1ccccc1)c1ccc(Cl)cc1. The fourth-order valence-electron chi connectivity index (χ4n) is 2.76. The maximum absolute atomic E-state index is 12.7. The summed E-state index contributed by atoms with van der Waals surface area (Å²) in [5, 5.41) is 22.1. The lowest BCUT2D eigenvalue weighted by Crippen LogP contribution is -2.15. The number of nitro benzene ring substituents is 1. The number of benzene rings is 3. The fraction of sp³-hybridized carbons (Fsp3) is 0.130. The van der Waals surface area contributed by atoms with E-state index in [9.17, 15) is 14.9 Å². The predicted octanol–water partition coefficient (Wildman–Crippen LogP) is 5.77. The quantitative estimate of drug-likeness (QED) is 0.274. The number of nitro groups is 1. The third-order valence-electron chi connectivity index (χ3n) is 4.18. The van der Waals surface area contributed by atoms with E-state index >= 15 is 0 Å². The number of aliphatic carboxylic acids is 1. The number of rotatable bonds is 7. The summed E-state index contributed by atoms with van der Waals surface area (Å²) in [7, 11) is 0. The van der Waals surface area contributed by atoms with Crippen LogP contribution in [0, 0.1) is 10.1 Å². The molecule has 3 aromatic rings. The third-order valence-corrected chi connectivity index (χ3v) is 4.43. The van der Waals surface area contributed by atoms with Crippen molar-refractivity contribution in [1.82, 2.24) is 0 Å². The Kier molecular flexibility index (Phi) is 8.72. The van der Waals surface area contributed by atoms with E-state index in [1.807, 2.05) is 30.3 Å². The Labute approximate surface area is 184 Å². The van der Waals surface area contributed by atoms with Crippen LogP contribution in [0.5, 0.6) is 0 Å². The zero-order chi connectivity index (χ0) is 22.8. The Morgan fingerprint density at radius 2 is 1.55 bits per heavy atom. The van der Waals surface area contributed by atoms with Gasteiger partial charge >= 0.3 is 0 Å². The van der Waals surface area contributed by atoms with Gasteiger partial charge in [0.05, 0.1) is 11.0 Å². The van der Waals surface area contributed by atoms with Gasteiger partial charge < -0.3 is 10.4 Å². The number of non-ortho nitro benzene ring substituents is 1. The van der Waals surface area contributed by atoms with Crippen molar-refractivity contribution in [3.05, 3.63) is 105 Å². The van der Waals surface area contributed by atoms with Gasteiger partial charge in [-0.25, -0.2) is 0 Å². The molecule has 8 heteroatoms. The first-order chi connectivity index (χ1) is 14.8. The molecule has 1 atom stereocenters. The lowest BCUT2D eigenvalue weighted by molar-refractivity contribution is -0.384. The molecule has 0 saturated heterocycles. The van der Waals surface area contributed by atoms with Gasteiger partial charge in [0.15, 0.2) is 5.78 Å². The standard InChI is InChI=1S/C21H17ClN2O3.C2H4O2/c22-17-8-6-16(7-9-17)21(25)14-20(15-4-2-1-3-5-15)23-18-10-12-19(13-11-18)24(26)27;1-2(3)4/h1-13,20,23H,14H2;1H3,(H,3,4). The number of halogens is 1. The molecule has 0 radical (unpaired) electrons. The highest BCUT2D eigenvalue weighted by Crippen LogP contribution is 2.26. The van der Waals surface area contributed by atoms with Gasteiger partial charge in [-0.2, -0.15) is 0 Å². The van der Waals surface area contributed by atoms with E-state index in [0.717, 1.165) is 12.5 Å². The molecule has 0 aliphatic heterocycles. The monoisotopic (exact) mass is 440 g/mol. The summed E-state index contributed by atoms with van der Waals surface area (Å²) in [6.45, 7) is 1.08. The molecule has 0 aliphatic rings. The minimum Gasteiger partial charge on any atom is -0.481 e. The molecule has 31 heavy (non-hydrogen) atoms. The van der Waals surface area contributed by atoms with Crippen LogP contribution in [0.4, 0.5) is 11.4 Å². The first-order valence-corrected chi connectivity index (χ1v) is 9.68. The topological polar surface area (TPSA) is 110 Å². The Morgan fingerprint density at radius 3 is 2.06 bits per heavy atom. The van der Waals surface area contributed by atoms with E-state index in [4.69, 9.17) is 21.5 Å². The number of carboxylic acids is 1. The van der Waals surface area contributed by atoms with Crippen LogP contribution in [0.2, 0.25) is 5.02 Å². The zero-order valence-corrected chi connectivity index (χ0v) is 17.5. The molecule has 0 bridgehead atoms.